The number of rotatable bonds is 5. The van der Waals surface area contributed by atoms with Gasteiger partial charge in [-0.1, -0.05) is 34.1 Å². The molecule has 152 valence electrons. The molecule has 0 bridgehead atoms. The second kappa shape index (κ2) is 8.28. The third-order valence-electron chi connectivity index (χ3n) is 4.93. The lowest BCUT2D eigenvalue weighted by Gasteiger charge is -2.11. The number of aryl methyl sites for hydroxylation is 1. The van der Waals surface area contributed by atoms with E-state index in [1.165, 1.54) is 0 Å². The average molecular weight is 465 g/mol. The first-order valence-corrected chi connectivity index (χ1v) is 10.4. The minimum atomic E-state index is -0.547. The topological polar surface area (TPSA) is 69.0 Å². The van der Waals surface area contributed by atoms with Crippen LogP contribution in [0.1, 0.15) is 28.8 Å². The summed E-state index contributed by atoms with van der Waals surface area (Å²) < 4.78 is 8.20. The minimum absolute atomic E-state index is 0.0265. The SMILES string of the molecule is CCOC(=O)c1nc(Nc2ccc(Br)cc2)c2c(C)c(C)n(-c3ccccc3)c2n1. The molecule has 0 saturated heterocycles. The molecule has 0 radical (unpaired) electrons. The molecule has 0 saturated carbocycles. The Morgan fingerprint density at radius 2 is 1.77 bits per heavy atom. The molecule has 1 N–H and O–H groups in total. The Morgan fingerprint density at radius 3 is 2.43 bits per heavy atom. The summed E-state index contributed by atoms with van der Waals surface area (Å²) in [7, 11) is 0. The first-order valence-electron chi connectivity index (χ1n) is 9.64. The van der Waals surface area contributed by atoms with Gasteiger partial charge in [0.25, 0.3) is 0 Å². The molecule has 2 heterocycles. The number of benzene rings is 2. The van der Waals surface area contributed by atoms with Gasteiger partial charge in [0.2, 0.25) is 5.82 Å². The van der Waals surface area contributed by atoms with Gasteiger partial charge >= 0.3 is 5.97 Å². The van der Waals surface area contributed by atoms with E-state index in [0.717, 1.165) is 32.5 Å². The van der Waals surface area contributed by atoms with Gasteiger partial charge in [-0.2, -0.15) is 0 Å². The van der Waals surface area contributed by atoms with Crippen molar-refractivity contribution >= 4 is 44.4 Å². The highest BCUT2D eigenvalue weighted by Crippen LogP contribution is 2.33. The highest BCUT2D eigenvalue weighted by Gasteiger charge is 2.22. The van der Waals surface area contributed by atoms with Crippen molar-refractivity contribution in [2.24, 2.45) is 0 Å². The van der Waals surface area contributed by atoms with Crippen LogP contribution in [0.15, 0.2) is 59.1 Å². The van der Waals surface area contributed by atoms with E-state index in [-0.39, 0.29) is 12.4 Å². The van der Waals surface area contributed by atoms with Gasteiger partial charge in [0.1, 0.15) is 5.82 Å². The van der Waals surface area contributed by atoms with Crippen molar-refractivity contribution in [1.82, 2.24) is 14.5 Å². The molecule has 4 rings (SSSR count). The number of aromatic nitrogens is 3. The van der Waals surface area contributed by atoms with Crippen molar-refractivity contribution in [2.75, 3.05) is 11.9 Å². The number of nitrogens with one attached hydrogen (secondary N) is 1. The van der Waals surface area contributed by atoms with Gasteiger partial charge in [0.15, 0.2) is 5.65 Å². The number of esters is 1. The second-order valence-electron chi connectivity index (χ2n) is 6.83. The number of hydrogen-bond acceptors (Lipinski definition) is 5. The average Bonchev–Trinajstić information content (AvgIpc) is 3.01. The number of ether oxygens (including phenoxy) is 1. The van der Waals surface area contributed by atoms with Crippen molar-refractivity contribution in [3.05, 3.63) is 76.2 Å². The minimum Gasteiger partial charge on any atom is -0.460 e. The summed E-state index contributed by atoms with van der Waals surface area (Å²) in [6, 6.07) is 17.7. The lowest BCUT2D eigenvalue weighted by atomic mass is 10.2. The van der Waals surface area contributed by atoms with E-state index in [1.807, 2.05) is 73.0 Å². The number of nitrogens with zero attached hydrogens (tertiary/aromatic N) is 3. The van der Waals surface area contributed by atoms with Crippen molar-refractivity contribution in [2.45, 2.75) is 20.8 Å². The molecule has 7 heteroatoms. The number of carbonyl (C=O) groups is 1. The van der Waals surface area contributed by atoms with E-state index in [9.17, 15) is 4.79 Å². The molecule has 0 atom stereocenters. The summed E-state index contributed by atoms with van der Waals surface area (Å²) >= 11 is 3.45. The molecule has 2 aromatic carbocycles. The molecule has 2 aromatic heterocycles. The van der Waals surface area contributed by atoms with Crippen LogP contribution in [0.2, 0.25) is 0 Å². The summed E-state index contributed by atoms with van der Waals surface area (Å²) in [5, 5.41) is 4.22. The fourth-order valence-electron chi connectivity index (χ4n) is 3.40. The van der Waals surface area contributed by atoms with E-state index in [4.69, 9.17) is 4.74 Å². The summed E-state index contributed by atoms with van der Waals surface area (Å²) in [6.07, 6.45) is 0. The zero-order chi connectivity index (χ0) is 21.3. The standard InChI is InChI=1S/C23H21BrN4O2/c1-4-30-23(29)21-26-20(25-17-12-10-16(24)11-13-17)19-14(2)15(3)28(22(19)27-21)18-8-6-5-7-9-18/h5-13H,4H2,1-3H3,(H,25,26,27). The molecule has 0 aliphatic carbocycles. The molecule has 0 unspecified atom stereocenters. The smallest absolute Gasteiger partial charge is 0.376 e. The maximum Gasteiger partial charge on any atom is 0.376 e. The van der Waals surface area contributed by atoms with E-state index < -0.39 is 5.97 Å². The molecule has 0 aliphatic rings. The van der Waals surface area contributed by atoms with Crippen molar-refractivity contribution in [3.8, 4) is 5.69 Å². The highest BCUT2D eigenvalue weighted by molar-refractivity contribution is 9.10. The number of hydrogen-bond donors (Lipinski definition) is 1. The third kappa shape index (κ3) is 3.68. The summed E-state index contributed by atoms with van der Waals surface area (Å²) in [6.45, 7) is 6.10. The Balaban J connectivity index is 1.97. The number of halogens is 1. The van der Waals surface area contributed by atoms with Crippen LogP contribution in [0.25, 0.3) is 16.7 Å². The van der Waals surface area contributed by atoms with Crippen LogP contribution in [0, 0.1) is 13.8 Å². The molecule has 0 amide bonds. The zero-order valence-electron chi connectivity index (χ0n) is 16.9. The molecular weight excluding hydrogens is 444 g/mol. The zero-order valence-corrected chi connectivity index (χ0v) is 18.5. The monoisotopic (exact) mass is 464 g/mol. The Bertz CT molecular complexity index is 1220. The van der Waals surface area contributed by atoms with Crippen LogP contribution in [0.5, 0.6) is 0 Å². The van der Waals surface area contributed by atoms with Crippen molar-refractivity contribution in [3.63, 3.8) is 0 Å². The van der Waals surface area contributed by atoms with E-state index >= 15 is 0 Å². The number of anilines is 2. The molecule has 0 aliphatic heterocycles. The fourth-order valence-corrected chi connectivity index (χ4v) is 3.67. The van der Waals surface area contributed by atoms with E-state index in [0.29, 0.717) is 11.5 Å². The van der Waals surface area contributed by atoms with Crippen molar-refractivity contribution < 1.29 is 9.53 Å². The van der Waals surface area contributed by atoms with Gasteiger partial charge in [0.05, 0.1) is 12.0 Å². The summed E-state index contributed by atoms with van der Waals surface area (Å²) in [5.74, 6) is 0.0497. The van der Waals surface area contributed by atoms with Gasteiger partial charge < -0.3 is 10.1 Å². The van der Waals surface area contributed by atoms with Gasteiger partial charge in [0, 0.05) is 21.5 Å². The van der Waals surface area contributed by atoms with E-state index in [2.05, 4.69) is 31.2 Å². The molecule has 4 aromatic rings. The highest BCUT2D eigenvalue weighted by atomic mass is 79.9. The Morgan fingerprint density at radius 1 is 1.07 bits per heavy atom. The van der Waals surface area contributed by atoms with Crippen LogP contribution in [-0.4, -0.2) is 27.1 Å². The Hall–Kier alpha value is -3.19. The maximum atomic E-state index is 12.5. The van der Waals surface area contributed by atoms with Crippen LogP contribution >= 0.6 is 15.9 Å². The predicted molar refractivity (Wildman–Crippen MR) is 122 cm³/mol. The van der Waals surface area contributed by atoms with Gasteiger partial charge in [-0.3, -0.25) is 4.57 Å². The van der Waals surface area contributed by atoms with Crippen LogP contribution < -0.4 is 5.32 Å². The fraction of sp³-hybridized carbons (Fsp3) is 0.174. The molecule has 0 fully saturated rings. The molecule has 6 nitrogen and oxygen atoms in total. The summed E-state index contributed by atoms with van der Waals surface area (Å²) in [4.78, 5) is 21.6. The molecular formula is C23H21BrN4O2. The number of fused-ring (bicyclic) bond motifs is 1. The van der Waals surface area contributed by atoms with Crippen LogP contribution in [0.4, 0.5) is 11.5 Å². The largest absolute Gasteiger partial charge is 0.460 e. The van der Waals surface area contributed by atoms with Crippen LogP contribution in [-0.2, 0) is 4.74 Å². The first kappa shape index (κ1) is 20.1. The molecule has 30 heavy (non-hydrogen) atoms. The van der Waals surface area contributed by atoms with E-state index in [1.54, 1.807) is 6.92 Å². The Kier molecular flexibility index (Phi) is 5.55. The van der Waals surface area contributed by atoms with Gasteiger partial charge in [-0.05, 0) is 62.7 Å². The van der Waals surface area contributed by atoms with Crippen molar-refractivity contribution in [1.29, 1.82) is 0 Å². The lowest BCUT2D eigenvalue weighted by molar-refractivity contribution is 0.0512. The quantitative estimate of drug-likeness (QED) is 0.382. The Labute approximate surface area is 183 Å². The molecule has 0 spiro atoms. The van der Waals surface area contributed by atoms with Crippen LogP contribution in [0.3, 0.4) is 0 Å². The maximum absolute atomic E-state index is 12.5. The summed E-state index contributed by atoms with van der Waals surface area (Å²) in [5.41, 5.74) is 4.57. The number of carbonyl (C=O) groups excluding carboxylic acids is 1. The normalized spacial score (nSPS) is 10.9. The number of para-hydroxylation sites is 1. The first-order chi connectivity index (χ1) is 14.5. The third-order valence-corrected chi connectivity index (χ3v) is 5.46. The predicted octanol–water partition coefficient (Wildman–Crippen LogP) is 5.72. The lowest BCUT2D eigenvalue weighted by Crippen LogP contribution is -2.12. The second-order valence-corrected chi connectivity index (χ2v) is 7.74. The van der Waals surface area contributed by atoms with Gasteiger partial charge in [-0.25, -0.2) is 14.8 Å². The van der Waals surface area contributed by atoms with Gasteiger partial charge in [-0.15, -0.1) is 0 Å².